The summed E-state index contributed by atoms with van der Waals surface area (Å²) in [5, 5.41) is 20.3. The van der Waals surface area contributed by atoms with Gasteiger partial charge in [-0.2, -0.15) is 0 Å². The Morgan fingerprint density at radius 3 is 2.35 bits per heavy atom. The largest absolute Gasteiger partial charge is 0.395 e. The Kier molecular flexibility index (Phi) is 4.84. The standard InChI is InChI=1S/C17H27NO2/c1-16(14-19,15-8-4-3-5-9-15)12-18(2)13-17(20)10-6-7-11-17/h3-5,8-9,19-20H,6-7,10-14H2,1-2H3. The summed E-state index contributed by atoms with van der Waals surface area (Å²) in [5.74, 6) is 0. The van der Waals surface area contributed by atoms with Gasteiger partial charge in [0, 0.05) is 18.5 Å². The highest BCUT2D eigenvalue weighted by atomic mass is 16.3. The molecular weight excluding hydrogens is 250 g/mol. The lowest BCUT2D eigenvalue weighted by Crippen LogP contribution is -2.46. The second-order valence-corrected chi connectivity index (χ2v) is 6.69. The van der Waals surface area contributed by atoms with Crippen LogP contribution < -0.4 is 0 Å². The Labute approximate surface area is 122 Å². The maximum Gasteiger partial charge on any atom is 0.0774 e. The van der Waals surface area contributed by atoms with E-state index in [1.165, 1.54) is 0 Å². The zero-order valence-corrected chi connectivity index (χ0v) is 12.7. The third-order valence-electron chi connectivity index (χ3n) is 4.54. The van der Waals surface area contributed by atoms with Crippen LogP contribution in [0.2, 0.25) is 0 Å². The minimum Gasteiger partial charge on any atom is -0.395 e. The van der Waals surface area contributed by atoms with Gasteiger partial charge in [0.1, 0.15) is 0 Å². The normalized spacial score (nSPS) is 21.1. The number of benzene rings is 1. The van der Waals surface area contributed by atoms with Crippen molar-refractivity contribution in [2.24, 2.45) is 0 Å². The maximum atomic E-state index is 10.5. The molecule has 3 heteroatoms. The van der Waals surface area contributed by atoms with Crippen LogP contribution in [0.1, 0.15) is 38.2 Å². The summed E-state index contributed by atoms with van der Waals surface area (Å²) in [6, 6.07) is 10.1. The molecular formula is C17H27NO2. The molecule has 0 aromatic heterocycles. The summed E-state index contributed by atoms with van der Waals surface area (Å²) in [4.78, 5) is 2.16. The van der Waals surface area contributed by atoms with Crippen molar-refractivity contribution in [1.29, 1.82) is 0 Å². The average molecular weight is 277 g/mol. The number of aliphatic hydroxyl groups is 2. The molecule has 1 unspecified atom stereocenters. The van der Waals surface area contributed by atoms with Crippen LogP contribution in [0.3, 0.4) is 0 Å². The van der Waals surface area contributed by atoms with E-state index in [0.29, 0.717) is 6.54 Å². The van der Waals surface area contributed by atoms with Crippen LogP contribution in [0.15, 0.2) is 30.3 Å². The van der Waals surface area contributed by atoms with Gasteiger partial charge in [0.2, 0.25) is 0 Å². The third kappa shape index (κ3) is 3.60. The lowest BCUT2D eigenvalue weighted by Gasteiger charge is -2.36. The predicted molar refractivity (Wildman–Crippen MR) is 81.8 cm³/mol. The van der Waals surface area contributed by atoms with Gasteiger partial charge in [-0.3, -0.25) is 0 Å². The van der Waals surface area contributed by atoms with Gasteiger partial charge >= 0.3 is 0 Å². The first-order valence-electron chi connectivity index (χ1n) is 7.55. The SMILES string of the molecule is CN(CC1(O)CCCC1)CC(C)(CO)c1ccccc1. The molecule has 20 heavy (non-hydrogen) atoms. The van der Waals surface area contributed by atoms with Crippen molar-refractivity contribution in [3.8, 4) is 0 Å². The second-order valence-electron chi connectivity index (χ2n) is 6.69. The maximum absolute atomic E-state index is 10.5. The van der Waals surface area contributed by atoms with Crippen molar-refractivity contribution < 1.29 is 10.2 Å². The molecule has 2 N–H and O–H groups in total. The number of nitrogens with zero attached hydrogens (tertiary/aromatic N) is 1. The van der Waals surface area contributed by atoms with Gasteiger partial charge in [0.25, 0.3) is 0 Å². The molecule has 0 heterocycles. The van der Waals surface area contributed by atoms with Crippen LogP contribution in [0.5, 0.6) is 0 Å². The minimum absolute atomic E-state index is 0.111. The molecule has 0 bridgehead atoms. The molecule has 0 amide bonds. The molecule has 1 atom stereocenters. The van der Waals surface area contributed by atoms with Crippen molar-refractivity contribution in [2.45, 2.75) is 43.6 Å². The van der Waals surface area contributed by atoms with Crippen molar-refractivity contribution in [1.82, 2.24) is 4.90 Å². The summed E-state index contributed by atoms with van der Waals surface area (Å²) in [6.07, 6.45) is 4.05. The summed E-state index contributed by atoms with van der Waals surface area (Å²) >= 11 is 0. The van der Waals surface area contributed by atoms with Crippen LogP contribution in [-0.2, 0) is 5.41 Å². The first-order chi connectivity index (χ1) is 9.47. The summed E-state index contributed by atoms with van der Waals surface area (Å²) in [7, 11) is 2.03. The van der Waals surface area contributed by atoms with E-state index in [0.717, 1.165) is 37.8 Å². The van der Waals surface area contributed by atoms with E-state index in [-0.39, 0.29) is 12.0 Å². The van der Waals surface area contributed by atoms with Crippen molar-refractivity contribution in [2.75, 3.05) is 26.7 Å². The fourth-order valence-electron chi connectivity index (χ4n) is 3.42. The van der Waals surface area contributed by atoms with E-state index in [4.69, 9.17) is 0 Å². The van der Waals surface area contributed by atoms with Crippen molar-refractivity contribution in [3.63, 3.8) is 0 Å². The molecule has 3 nitrogen and oxygen atoms in total. The smallest absolute Gasteiger partial charge is 0.0774 e. The quantitative estimate of drug-likeness (QED) is 0.837. The predicted octanol–water partition coefficient (Wildman–Crippen LogP) is 2.17. The number of likely N-dealkylation sites (N-methyl/N-ethyl adjacent to an activating group) is 1. The van der Waals surface area contributed by atoms with Gasteiger partial charge in [-0.15, -0.1) is 0 Å². The van der Waals surface area contributed by atoms with E-state index in [1.54, 1.807) is 0 Å². The van der Waals surface area contributed by atoms with Gasteiger partial charge in [0.15, 0.2) is 0 Å². The zero-order chi connectivity index (χ0) is 14.6. The summed E-state index contributed by atoms with van der Waals surface area (Å²) in [6.45, 7) is 3.63. The van der Waals surface area contributed by atoms with E-state index in [2.05, 4.69) is 24.0 Å². The molecule has 0 radical (unpaired) electrons. The zero-order valence-electron chi connectivity index (χ0n) is 12.7. The van der Waals surface area contributed by atoms with Crippen molar-refractivity contribution in [3.05, 3.63) is 35.9 Å². The lowest BCUT2D eigenvalue weighted by atomic mass is 9.82. The molecule has 1 aliphatic carbocycles. The molecule has 1 saturated carbocycles. The van der Waals surface area contributed by atoms with Gasteiger partial charge in [-0.25, -0.2) is 0 Å². The molecule has 0 spiro atoms. The molecule has 1 aliphatic rings. The number of rotatable bonds is 6. The Bertz CT molecular complexity index is 414. The summed E-state index contributed by atoms with van der Waals surface area (Å²) < 4.78 is 0. The van der Waals surface area contributed by atoms with Crippen LogP contribution in [0, 0.1) is 0 Å². The number of hydrogen-bond donors (Lipinski definition) is 2. The molecule has 1 aromatic rings. The van der Waals surface area contributed by atoms with Gasteiger partial charge in [0.05, 0.1) is 12.2 Å². The number of aliphatic hydroxyl groups excluding tert-OH is 1. The molecule has 0 saturated heterocycles. The minimum atomic E-state index is -0.526. The van der Waals surface area contributed by atoms with Gasteiger partial charge in [-0.05, 0) is 25.5 Å². The highest BCUT2D eigenvalue weighted by molar-refractivity contribution is 5.25. The Morgan fingerprint density at radius 2 is 1.80 bits per heavy atom. The number of hydrogen-bond acceptors (Lipinski definition) is 3. The molecule has 1 fully saturated rings. The lowest BCUT2D eigenvalue weighted by molar-refractivity contribution is 0.00854. The Morgan fingerprint density at radius 1 is 1.20 bits per heavy atom. The summed E-state index contributed by atoms with van der Waals surface area (Å²) in [5.41, 5.74) is 0.333. The highest BCUT2D eigenvalue weighted by Gasteiger charge is 2.34. The molecule has 0 aliphatic heterocycles. The first-order valence-corrected chi connectivity index (χ1v) is 7.55. The van der Waals surface area contributed by atoms with E-state index in [9.17, 15) is 10.2 Å². The monoisotopic (exact) mass is 277 g/mol. The Balaban J connectivity index is 2.02. The Hall–Kier alpha value is -0.900. The van der Waals surface area contributed by atoms with E-state index >= 15 is 0 Å². The molecule has 2 rings (SSSR count). The van der Waals surface area contributed by atoms with Crippen LogP contribution in [0.25, 0.3) is 0 Å². The van der Waals surface area contributed by atoms with Gasteiger partial charge < -0.3 is 15.1 Å². The van der Waals surface area contributed by atoms with Crippen LogP contribution in [0.4, 0.5) is 0 Å². The van der Waals surface area contributed by atoms with E-state index < -0.39 is 5.60 Å². The van der Waals surface area contributed by atoms with E-state index in [1.807, 2.05) is 25.2 Å². The highest BCUT2D eigenvalue weighted by Crippen LogP contribution is 2.31. The average Bonchev–Trinajstić information content (AvgIpc) is 2.85. The second kappa shape index (κ2) is 6.25. The third-order valence-corrected chi connectivity index (χ3v) is 4.54. The van der Waals surface area contributed by atoms with Crippen LogP contribution in [-0.4, -0.2) is 47.5 Å². The topological polar surface area (TPSA) is 43.7 Å². The fraction of sp³-hybridized carbons (Fsp3) is 0.647. The molecule has 112 valence electrons. The first kappa shape index (κ1) is 15.5. The fourth-order valence-corrected chi connectivity index (χ4v) is 3.42. The van der Waals surface area contributed by atoms with Crippen molar-refractivity contribution >= 4 is 0 Å². The molecule has 1 aromatic carbocycles. The van der Waals surface area contributed by atoms with Gasteiger partial charge in [-0.1, -0.05) is 50.1 Å². The van der Waals surface area contributed by atoms with Crippen LogP contribution >= 0.6 is 0 Å².